The fourth-order valence-electron chi connectivity index (χ4n) is 2.71. The van der Waals surface area contributed by atoms with Gasteiger partial charge in [-0.1, -0.05) is 18.5 Å². The molecule has 0 aliphatic carbocycles. The minimum Gasteiger partial charge on any atom is -0.369 e. The number of carbonyl (C=O) groups is 1. The number of hydrogen-bond acceptors (Lipinski definition) is 4. The average molecular weight is 311 g/mol. The zero-order valence-corrected chi connectivity index (χ0v) is 13.3. The van der Waals surface area contributed by atoms with Crippen LogP contribution in [-0.4, -0.2) is 43.0 Å². The number of amides is 1. The third-order valence-electron chi connectivity index (χ3n) is 4.36. The Morgan fingerprint density at radius 2 is 1.76 bits per heavy atom. The van der Waals surface area contributed by atoms with Gasteiger partial charge in [-0.3, -0.25) is 15.1 Å². The molecular formula is C15H23ClN4O. The van der Waals surface area contributed by atoms with Crippen LogP contribution in [0.3, 0.4) is 0 Å². The van der Waals surface area contributed by atoms with E-state index in [9.17, 15) is 4.79 Å². The minimum atomic E-state index is -0.114. The van der Waals surface area contributed by atoms with Crippen molar-refractivity contribution in [3.8, 4) is 0 Å². The lowest BCUT2D eigenvalue weighted by molar-refractivity contribution is -0.126. The highest BCUT2D eigenvalue weighted by Crippen LogP contribution is 2.21. The molecule has 1 aliphatic heterocycles. The first-order valence-electron chi connectivity index (χ1n) is 7.28. The van der Waals surface area contributed by atoms with Gasteiger partial charge >= 0.3 is 0 Å². The molecule has 21 heavy (non-hydrogen) atoms. The first kappa shape index (κ1) is 16.1. The highest BCUT2D eigenvalue weighted by molar-refractivity contribution is 6.30. The largest absolute Gasteiger partial charge is 0.369 e. The van der Waals surface area contributed by atoms with E-state index < -0.39 is 0 Å². The van der Waals surface area contributed by atoms with E-state index in [4.69, 9.17) is 17.4 Å². The Kier molecular flexibility index (Phi) is 5.45. The molecule has 1 fully saturated rings. The first-order chi connectivity index (χ1) is 10.0. The fraction of sp³-hybridized carbons (Fsp3) is 0.533. The first-order valence-corrected chi connectivity index (χ1v) is 7.65. The average Bonchev–Trinajstić information content (AvgIpc) is 2.53. The van der Waals surface area contributed by atoms with Gasteiger partial charge in [-0.25, -0.2) is 5.84 Å². The van der Waals surface area contributed by atoms with Crippen molar-refractivity contribution in [3.63, 3.8) is 0 Å². The summed E-state index contributed by atoms with van der Waals surface area (Å²) in [6.07, 6.45) is 0. The topological polar surface area (TPSA) is 61.6 Å². The van der Waals surface area contributed by atoms with Crippen molar-refractivity contribution in [2.75, 3.05) is 31.1 Å². The molecule has 2 unspecified atom stereocenters. The fourth-order valence-corrected chi connectivity index (χ4v) is 2.83. The second kappa shape index (κ2) is 7.11. The molecule has 1 saturated heterocycles. The van der Waals surface area contributed by atoms with E-state index in [-0.39, 0.29) is 17.9 Å². The number of rotatable bonds is 4. The van der Waals surface area contributed by atoms with Crippen molar-refractivity contribution >= 4 is 23.2 Å². The smallest absolute Gasteiger partial charge is 0.238 e. The highest BCUT2D eigenvalue weighted by atomic mass is 35.5. The monoisotopic (exact) mass is 310 g/mol. The van der Waals surface area contributed by atoms with Crippen LogP contribution in [0.2, 0.25) is 5.02 Å². The molecule has 1 amide bonds. The summed E-state index contributed by atoms with van der Waals surface area (Å²) in [4.78, 5) is 16.3. The normalized spacial score (nSPS) is 19.1. The van der Waals surface area contributed by atoms with Gasteiger partial charge in [-0.05, 0) is 31.2 Å². The van der Waals surface area contributed by atoms with Crippen LogP contribution in [-0.2, 0) is 4.79 Å². The van der Waals surface area contributed by atoms with Crippen molar-refractivity contribution < 1.29 is 4.79 Å². The summed E-state index contributed by atoms with van der Waals surface area (Å²) in [5, 5.41) is 0.757. The second-order valence-corrected chi connectivity index (χ2v) is 5.97. The molecule has 3 N–H and O–H groups in total. The number of halogens is 1. The molecule has 1 aromatic carbocycles. The number of anilines is 1. The van der Waals surface area contributed by atoms with E-state index >= 15 is 0 Å². The third-order valence-corrected chi connectivity index (χ3v) is 4.61. The van der Waals surface area contributed by atoms with Crippen molar-refractivity contribution in [1.29, 1.82) is 0 Å². The van der Waals surface area contributed by atoms with Crippen molar-refractivity contribution in [2.45, 2.75) is 19.9 Å². The van der Waals surface area contributed by atoms with Gasteiger partial charge in [-0.15, -0.1) is 0 Å². The van der Waals surface area contributed by atoms with Crippen molar-refractivity contribution in [1.82, 2.24) is 10.3 Å². The standard InChI is InChI=1S/C15H23ClN4O/c1-11(15(21)18-17)12(2)19-7-9-20(10-8-19)14-5-3-13(16)4-6-14/h3-6,11-12H,7-10,17H2,1-2H3,(H,18,21). The number of nitrogens with two attached hydrogens (primary N) is 1. The van der Waals surface area contributed by atoms with E-state index in [1.54, 1.807) is 0 Å². The maximum atomic E-state index is 11.6. The Labute approximate surface area is 131 Å². The maximum Gasteiger partial charge on any atom is 0.238 e. The number of hydrazine groups is 1. The van der Waals surface area contributed by atoms with Crippen LogP contribution in [0.1, 0.15) is 13.8 Å². The Morgan fingerprint density at radius 1 is 1.19 bits per heavy atom. The second-order valence-electron chi connectivity index (χ2n) is 5.54. The van der Waals surface area contributed by atoms with E-state index in [0.717, 1.165) is 31.2 Å². The lowest BCUT2D eigenvalue weighted by Gasteiger charge is -2.40. The van der Waals surface area contributed by atoms with Crippen LogP contribution >= 0.6 is 11.6 Å². The molecular weight excluding hydrogens is 288 g/mol. The van der Waals surface area contributed by atoms with Gasteiger partial charge in [0.15, 0.2) is 0 Å². The van der Waals surface area contributed by atoms with Crippen molar-refractivity contribution in [2.24, 2.45) is 11.8 Å². The highest BCUT2D eigenvalue weighted by Gasteiger charge is 2.28. The summed E-state index contributed by atoms with van der Waals surface area (Å²) < 4.78 is 0. The molecule has 0 radical (unpaired) electrons. The number of nitrogens with one attached hydrogen (secondary N) is 1. The summed E-state index contributed by atoms with van der Waals surface area (Å²) in [5.74, 6) is 4.99. The van der Waals surface area contributed by atoms with Gasteiger partial charge in [0, 0.05) is 42.9 Å². The number of carbonyl (C=O) groups excluding carboxylic acids is 1. The molecule has 116 valence electrons. The molecule has 2 atom stereocenters. The number of piperazine rings is 1. The SMILES string of the molecule is CC(C(=O)NN)C(C)N1CCN(c2ccc(Cl)cc2)CC1. The van der Waals surface area contributed by atoms with Crippen LogP contribution in [0.25, 0.3) is 0 Å². The van der Waals surface area contributed by atoms with Crippen LogP contribution in [0.15, 0.2) is 24.3 Å². The Morgan fingerprint density at radius 3 is 2.29 bits per heavy atom. The predicted molar refractivity (Wildman–Crippen MR) is 86.2 cm³/mol. The van der Waals surface area contributed by atoms with Gasteiger partial charge < -0.3 is 4.90 Å². The summed E-state index contributed by atoms with van der Waals surface area (Å²) >= 11 is 5.92. The van der Waals surface area contributed by atoms with Gasteiger partial charge in [0.1, 0.15) is 0 Å². The molecule has 1 aromatic rings. The molecule has 2 rings (SSSR count). The van der Waals surface area contributed by atoms with E-state index in [1.807, 2.05) is 31.2 Å². The molecule has 0 spiro atoms. The molecule has 0 aromatic heterocycles. The van der Waals surface area contributed by atoms with Crippen molar-refractivity contribution in [3.05, 3.63) is 29.3 Å². The molecule has 5 nitrogen and oxygen atoms in total. The Balaban J connectivity index is 1.91. The molecule has 1 heterocycles. The molecule has 1 aliphatic rings. The van der Waals surface area contributed by atoms with E-state index in [2.05, 4.69) is 22.1 Å². The maximum absolute atomic E-state index is 11.6. The summed E-state index contributed by atoms with van der Waals surface area (Å²) in [6, 6.07) is 8.11. The van der Waals surface area contributed by atoms with Gasteiger partial charge in [-0.2, -0.15) is 0 Å². The zero-order valence-electron chi connectivity index (χ0n) is 12.6. The third kappa shape index (κ3) is 3.87. The van der Waals surface area contributed by atoms with Crippen LogP contribution in [0, 0.1) is 5.92 Å². The summed E-state index contributed by atoms with van der Waals surface area (Å²) in [5.41, 5.74) is 3.43. The summed E-state index contributed by atoms with van der Waals surface area (Å²) in [6.45, 7) is 7.76. The number of nitrogens with zero attached hydrogens (tertiary/aromatic N) is 2. The minimum absolute atomic E-state index is 0.109. The van der Waals surface area contributed by atoms with E-state index in [0.29, 0.717) is 0 Å². The molecule has 6 heteroatoms. The molecule has 0 bridgehead atoms. The van der Waals surface area contributed by atoms with Gasteiger partial charge in [0.25, 0.3) is 0 Å². The lowest BCUT2D eigenvalue weighted by Crippen LogP contribution is -2.53. The number of benzene rings is 1. The van der Waals surface area contributed by atoms with Crippen LogP contribution in [0.5, 0.6) is 0 Å². The lowest BCUT2D eigenvalue weighted by atomic mass is 10.0. The van der Waals surface area contributed by atoms with Crippen LogP contribution < -0.4 is 16.2 Å². The van der Waals surface area contributed by atoms with E-state index in [1.165, 1.54) is 5.69 Å². The number of hydrogen-bond donors (Lipinski definition) is 2. The Hall–Kier alpha value is -1.30. The predicted octanol–water partition coefficient (Wildman–Crippen LogP) is 1.48. The van der Waals surface area contributed by atoms with Gasteiger partial charge in [0.05, 0.1) is 5.92 Å². The van der Waals surface area contributed by atoms with Gasteiger partial charge in [0.2, 0.25) is 5.91 Å². The zero-order chi connectivity index (χ0) is 15.4. The quantitative estimate of drug-likeness (QED) is 0.502. The Bertz CT molecular complexity index is 471. The van der Waals surface area contributed by atoms with Crippen LogP contribution in [0.4, 0.5) is 5.69 Å². The molecule has 0 saturated carbocycles. The summed E-state index contributed by atoms with van der Waals surface area (Å²) in [7, 11) is 0.